The van der Waals surface area contributed by atoms with E-state index in [0.717, 1.165) is 0 Å². The van der Waals surface area contributed by atoms with Crippen LogP contribution in [0.4, 0.5) is 5.95 Å². The Morgan fingerprint density at radius 1 is 1.40 bits per heavy atom. The standard InChI is InChI=1S/C9H13N5O/c1-5(2)14-7-6(13-9(14)10)8(15-3)12-4-11-7/h4-5H,1-3H3,(H2,10,13). The molecule has 0 aliphatic heterocycles. The molecule has 0 bridgehead atoms. The number of fused-ring (bicyclic) bond motifs is 1. The molecule has 0 aliphatic carbocycles. The van der Waals surface area contributed by atoms with Crippen molar-refractivity contribution in [3.8, 4) is 5.88 Å². The number of hydrogen-bond donors (Lipinski definition) is 1. The smallest absolute Gasteiger partial charge is 0.245 e. The van der Waals surface area contributed by atoms with Gasteiger partial charge in [-0.1, -0.05) is 0 Å². The molecule has 0 saturated carbocycles. The van der Waals surface area contributed by atoms with Gasteiger partial charge in [-0.05, 0) is 13.8 Å². The van der Waals surface area contributed by atoms with Gasteiger partial charge in [0.2, 0.25) is 11.8 Å². The molecule has 2 aromatic rings. The summed E-state index contributed by atoms with van der Waals surface area (Å²) in [6.07, 6.45) is 1.45. The summed E-state index contributed by atoms with van der Waals surface area (Å²) < 4.78 is 6.94. The van der Waals surface area contributed by atoms with E-state index in [2.05, 4.69) is 15.0 Å². The molecule has 0 spiro atoms. The van der Waals surface area contributed by atoms with E-state index in [1.165, 1.54) is 6.33 Å². The predicted octanol–water partition coefficient (Wildman–Crippen LogP) is 0.998. The van der Waals surface area contributed by atoms with E-state index in [9.17, 15) is 0 Å². The Kier molecular flexibility index (Phi) is 2.18. The third-order valence-corrected chi connectivity index (χ3v) is 2.18. The summed E-state index contributed by atoms with van der Waals surface area (Å²) in [5.41, 5.74) is 7.11. The van der Waals surface area contributed by atoms with E-state index < -0.39 is 0 Å². The topological polar surface area (TPSA) is 78.8 Å². The number of imidazole rings is 1. The third-order valence-electron chi connectivity index (χ3n) is 2.18. The second kappa shape index (κ2) is 3.38. The van der Waals surface area contributed by atoms with Gasteiger partial charge in [0, 0.05) is 6.04 Å². The maximum absolute atomic E-state index is 5.81. The number of hydrogen-bond acceptors (Lipinski definition) is 5. The lowest BCUT2D eigenvalue weighted by molar-refractivity contribution is 0.401. The lowest BCUT2D eigenvalue weighted by Crippen LogP contribution is -2.06. The second-order valence-electron chi connectivity index (χ2n) is 3.49. The van der Waals surface area contributed by atoms with Crippen LogP contribution in [0.1, 0.15) is 19.9 Å². The minimum absolute atomic E-state index is 0.203. The molecule has 0 unspecified atom stereocenters. The molecule has 0 radical (unpaired) electrons. The fraction of sp³-hybridized carbons (Fsp3) is 0.444. The number of ether oxygens (including phenoxy) is 1. The van der Waals surface area contributed by atoms with Crippen LogP contribution in [0.2, 0.25) is 0 Å². The Morgan fingerprint density at radius 3 is 2.73 bits per heavy atom. The first kappa shape index (κ1) is 9.70. The highest BCUT2D eigenvalue weighted by Crippen LogP contribution is 2.25. The van der Waals surface area contributed by atoms with Gasteiger partial charge in [0.25, 0.3) is 0 Å². The Balaban J connectivity index is 2.78. The summed E-state index contributed by atoms with van der Waals surface area (Å²) in [6.45, 7) is 4.04. The number of nitrogen functional groups attached to an aromatic ring is 1. The minimum atomic E-state index is 0.203. The second-order valence-corrected chi connectivity index (χ2v) is 3.49. The van der Waals surface area contributed by atoms with E-state index >= 15 is 0 Å². The van der Waals surface area contributed by atoms with Gasteiger partial charge in [0.1, 0.15) is 6.33 Å². The molecule has 0 atom stereocenters. The molecule has 2 rings (SSSR count). The summed E-state index contributed by atoms with van der Waals surface area (Å²) in [5.74, 6) is 0.880. The van der Waals surface area contributed by atoms with Gasteiger partial charge in [-0.3, -0.25) is 4.57 Å². The fourth-order valence-electron chi connectivity index (χ4n) is 1.56. The zero-order valence-electron chi connectivity index (χ0n) is 8.93. The maximum atomic E-state index is 5.81. The van der Waals surface area contributed by atoms with Gasteiger partial charge in [0.05, 0.1) is 7.11 Å². The van der Waals surface area contributed by atoms with Crippen LogP contribution >= 0.6 is 0 Å². The lowest BCUT2D eigenvalue weighted by atomic mass is 10.4. The van der Waals surface area contributed by atoms with Crippen molar-refractivity contribution >= 4 is 17.1 Å². The Hall–Kier alpha value is -1.85. The van der Waals surface area contributed by atoms with Gasteiger partial charge in [-0.2, -0.15) is 4.98 Å². The molecule has 0 aliphatic rings. The quantitative estimate of drug-likeness (QED) is 0.794. The van der Waals surface area contributed by atoms with Crippen molar-refractivity contribution in [3.63, 3.8) is 0 Å². The number of anilines is 1. The average Bonchev–Trinajstić information content (AvgIpc) is 2.53. The SMILES string of the molecule is COc1ncnc2c1nc(N)n2C(C)C. The largest absolute Gasteiger partial charge is 0.479 e. The first-order valence-corrected chi connectivity index (χ1v) is 4.67. The first-order valence-electron chi connectivity index (χ1n) is 4.67. The van der Waals surface area contributed by atoms with E-state index in [0.29, 0.717) is 23.0 Å². The van der Waals surface area contributed by atoms with E-state index in [4.69, 9.17) is 10.5 Å². The van der Waals surface area contributed by atoms with Gasteiger partial charge < -0.3 is 10.5 Å². The summed E-state index contributed by atoms with van der Waals surface area (Å²) in [7, 11) is 1.55. The first-order chi connectivity index (χ1) is 7.15. The van der Waals surface area contributed by atoms with Crippen LogP contribution in [0.5, 0.6) is 5.88 Å². The van der Waals surface area contributed by atoms with Crippen molar-refractivity contribution in [3.05, 3.63) is 6.33 Å². The molecule has 15 heavy (non-hydrogen) atoms. The zero-order valence-corrected chi connectivity index (χ0v) is 8.93. The third kappa shape index (κ3) is 1.38. The fourth-order valence-corrected chi connectivity index (χ4v) is 1.56. The minimum Gasteiger partial charge on any atom is -0.479 e. The Morgan fingerprint density at radius 2 is 2.13 bits per heavy atom. The average molecular weight is 207 g/mol. The molecule has 2 heterocycles. The van der Waals surface area contributed by atoms with Crippen molar-refractivity contribution in [2.45, 2.75) is 19.9 Å². The van der Waals surface area contributed by atoms with E-state index in [1.54, 1.807) is 7.11 Å². The van der Waals surface area contributed by atoms with Crippen LogP contribution in [0.3, 0.4) is 0 Å². The highest BCUT2D eigenvalue weighted by Gasteiger charge is 2.15. The van der Waals surface area contributed by atoms with Crippen molar-refractivity contribution in [1.29, 1.82) is 0 Å². The maximum Gasteiger partial charge on any atom is 0.245 e. The van der Waals surface area contributed by atoms with Gasteiger partial charge in [0.15, 0.2) is 11.2 Å². The Labute approximate surface area is 87.1 Å². The molecule has 6 nitrogen and oxygen atoms in total. The number of nitrogens with zero attached hydrogens (tertiary/aromatic N) is 4. The molecule has 0 saturated heterocycles. The molecule has 6 heteroatoms. The van der Waals surface area contributed by atoms with Crippen LogP contribution < -0.4 is 10.5 Å². The van der Waals surface area contributed by atoms with Gasteiger partial charge >= 0.3 is 0 Å². The summed E-state index contributed by atoms with van der Waals surface area (Å²) in [4.78, 5) is 12.3. The molecule has 0 amide bonds. The van der Waals surface area contributed by atoms with Gasteiger partial charge in [-0.25, -0.2) is 9.97 Å². The van der Waals surface area contributed by atoms with Crippen molar-refractivity contribution < 1.29 is 4.74 Å². The van der Waals surface area contributed by atoms with Crippen molar-refractivity contribution in [1.82, 2.24) is 19.5 Å². The molecular weight excluding hydrogens is 194 g/mol. The molecule has 2 N–H and O–H groups in total. The van der Waals surface area contributed by atoms with Crippen LogP contribution in [0, 0.1) is 0 Å². The van der Waals surface area contributed by atoms with E-state index in [-0.39, 0.29) is 6.04 Å². The predicted molar refractivity (Wildman–Crippen MR) is 56.7 cm³/mol. The van der Waals surface area contributed by atoms with Crippen LogP contribution in [-0.4, -0.2) is 26.6 Å². The monoisotopic (exact) mass is 207 g/mol. The normalized spacial score (nSPS) is 11.2. The highest BCUT2D eigenvalue weighted by atomic mass is 16.5. The summed E-state index contributed by atoms with van der Waals surface area (Å²) >= 11 is 0. The molecular formula is C9H13N5O. The number of rotatable bonds is 2. The Bertz CT molecular complexity index is 490. The lowest BCUT2D eigenvalue weighted by Gasteiger charge is -2.08. The van der Waals surface area contributed by atoms with Crippen LogP contribution in [0.25, 0.3) is 11.2 Å². The van der Waals surface area contributed by atoms with Crippen molar-refractivity contribution in [2.75, 3.05) is 12.8 Å². The zero-order chi connectivity index (χ0) is 11.0. The molecule has 2 aromatic heterocycles. The summed E-state index contributed by atoms with van der Waals surface area (Å²) in [5, 5.41) is 0. The highest BCUT2D eigenvalue weighted by molar-refractivity contribution is 5.79. The van der Waals surface area contributed by atoms with Crippen LogP contribution in [0.15, 0.2) is 6.33 Å². The number of methoxy groups -OCH3 is 1. The molecule has 80 valence electrons. The summed E-state index contributed by atoms with van der Waals surface area (Å²) in [6, 6.07) is 0.203. The van der Waals surface area contributed by atoms with Crippen LogP contribution in [-0.2, 0) is 0 Å². The number of nitrogens with two attached hydrogens (primary N) is 1. The van der Waals surface area contributed by atoms with E-state index in [1.807, 2.05) is 18.4 Å². The van der Waals surface area contributed by atoms with Crippen molar-refractivity contribution in [2.24, 2.45) is 0 Å². The van der Waals surface area contributed by atoms with Gasteiger partial charge in [-0.15, -0.1) is 0 Å². The number of aromatic nitrogens is 4. The molecule has 0 fully saturated rings. The molecule has 0 aromatic carbocycles.